The predicted molar refractivity (Wildman–Crippen MR) is 62.4 cm³/mol. The van der Waals surface area contributed by atoms with E-state index in [1.54, 1.807) is 0 Å². The Bertz CT molecular complexity index is 130. The lowest BCUT2D eigenvalue weighted by atomic mass is 9.95. The molecule has 0 aromatic carbocycles. The molecule has 1 unspecified atom stereocenters. The van der Waals surface area contributed by atoms with E-state index in [-0.39, 0.29) is 0 Å². The van der Waals surface area contributed by atoms with Crippen LogP contribution in [-0.2, 0) is 0 Å². The average Bonchev–Trinajstić information content (AvgIpc) is 2.20. The second-order valence-electron chi connectivity index (χ2n) is 4.53. The average molecular weight is 198 g/mol. The van der Waals surface area contributed by atoms with Crippen LogP contribution in [0.5, 0.6) is 0 Å². The zero-order valence-electron chi connectivity index (χ0n) is 9.81. The third kappa shape index (κ3) is 4.97. The lowest BCUT2D eigenvalue weighted by Crippen LogP contribution is -2.46. The number of hydrogen-bond donors (Lipinski definition) is 2. The highest BCUT2D eigenvalue weighted by Gasteiger charge is 2.14. The van der Waals surface area contributed by atoms with E-state index >= 15 is 0 Å². The van der Waals surface area contributed by atoms with Gasteiger partial charge in [0.1, 0.15) is 0 Å². The number of nitrogens with one attached hydrogen (secondary N) is 2. The van der Waals surface area contributed by atoms with Crippen LogP contribution in [0.3, 0.4) is 0 Å². The highest BCUT2D eigenvalue weighted by molar-refractivity contribution is 4.74. The molecular weight excluding hydrogens is 172 g/mol. The van der Waals surface area contributed by atoms with E-state index in [4.69, 9.17) is 0 Å². The van der Waals surface area contributed by atoms with E-state index in [0.717, 1.165) is 12.6 Å². The normalized spacial score (nSPS) is 21.0. The van der Waals surface area contributed by atoms with Gasteiger partial charge in [0.25, 0.3) is 0 Å². The van der Waals surface area contributed by atoms with Crippen LogP contribution >= 0.6 is 0 Å². The molecule has 0 bridgehead atoms. The summed E-state index contributed by atoms with van der Waals surface area (Å²) in [5.74, 6) is 0. The number of hydrogen-bond acceptors (Lipinski definition) is 2. The van der Waals surface area contributed by atoms with Crippen LogP contribution in [0.2, 0.25) is 0 Å². The minimum Gasteiger partial charge on any atom is -0.302 e. The molecule has 1 saturated carbocycles. The summed E-state index contributed by atoms with van der Waals surface area (Å²) in [5, 5.41) is 7.19. The van der Waals surface area contributed by atoms with Crippen LogP contribution in [0.1, 0.15) is 58.8 Å². The predicted octanol–water partition coefficient (Wildman–Crippen LogP) is 2.64. The molecule has 1 rings (SSSR count). The zero-order chi connectivity index (χ0) is 10.2. The van der Waals surface area contributed by atoms with E-state index in [0.29, 0.717) is 6.17 Å². The van der Waals surface area contributed by atoms with Crippen LogP contribution in [0.4, 0.5) is 0 Å². The SMILES string of the molecule is CCCCNC(C)NC1CCCCC1. The highest BCUT2D eigenvalue weighted by Crippen LogP contribution is 2.17. The summed E-state index contributed by atoms with van der Waals surface area (Å²) in [6.45, 7) is 5.63. The Morgan fingerprint density at radius 2 is 1.93 bits per heavy atom. The molecule has 0 amide bonds. The van der Waals surface area contributed by atoms with Gasteiger partial charge in [0, 0.05) is 6.04 Å². The Morgan fingerprint density at radius 1 is 1.21 bits per heavy atom. The topological polar surface area (TPSA) is 24.1 Å². The summed E-state index contributed by atoms with van der Waals surface area (Å²) in [4.78, 5) is 0. The summed E-state index contributed by atoms with van der Waals surface area (Å²) in [6, 6.07) is 0.771. The summed E-state index contributed by atoms with van der Waals surface area (Å²) >= 11 is 0. The fourth-order valence-corrected chi connectivity index (χ4v) is 2.18. The van der Waals surface area contributed by atoms with Crippen LogP contribution < -0.4 is 10.6 Å². The van der Waals surface area contributed by atoms with Gasteiger partial charge in [-0.15, -0.1) is 0 Å². The minimum atomic E-state index is 0.490. The largest absolute Gasteiger partial charge is 0.302 e. The highest BCUT2D eigenvalue weighted by atomic mass is 15.1. The van der Waals surface area contributed by atoms with Crippen LogP contribution in [0.15, 0.2) is 0 Å². The summed E-state index contributed by atoms with van der Waals surface area (Å²) in [6.07, 6.45) is 10.1. The van der Waals surface area contributed by atoms with E-state index in [9.17, 15) is 0 Å². The molecule has 14 heavy (non-hydrogen) atoms. The van der Waals surface area contributed by atoms with Gasteiger partial charge in [0.2, 0.25) is 0 Å². The first-order valence-corrected chi connectivity index (χ1v) is 6.32. The van der Waals surface area contributed by atoms with Crippen LogP contribution in [-0.4, -0.2) is 18.8 Å². The molecule has 84 valence electrons. The van der Waals surface area contributed by atoms with Gasteiger partial charge in [-0.1, -0.05) is 32.6 Å². The van der Waals surface area contributed by atoms with Gasteiger partial charge < -0.3 is 5.32 Å². The van der Waals surface area contributed by atoms with Crippen molar-refractivity contribution in [1.82, 2.24) is 10.6 Å². The first-order chi connectivity index (χ1) is 6.83. The molecule has 2 N–H and O–H groups in total. The van der Waals surface area contributed by atoms with Crippen molar-refractivity contribution in [3.05, 3.63) is 0 Å². The van der Waals surface area contributed by atoms with Crippen molar-refractivity contribution in [2.45, 2.75) is 71.0 Å². The quantitative estimate of drug-likeness (QED) is 0.506. The molecule has 0 spiro atoms. The van der Waals surface area contributed by atoms with Crippen molar-refractivity contribution in [1.29, 1.82) is 0 Å². The monoisotopic (exact) mass is 198 g/mol. The minimum absolute atomic E-state index is 0.490. The second-order valence-corrected chi connectivity index (χ2v) is 4.53. The second kappa shape index (κ2) is 7.24. The molecule has 1 atom stereocenters. The lowest BCUT2D eigenvalue weighted by molar-refractivity contribution is 0.318. The summed E-state index contributed by atoms with van der Waals surface area (Å²) < 4.78 is 0. The summed E-state index contributed by atoms with van der Waals surface area (Å²) in [5.41, 5.74) is 0. The smallest absolute Gasteiger partial charge is 0.0544 e. The van der Waals surface area contributed by atoms with Crippen molar-refractivity contribution in [2.24, 2.45) is 0 Å². The molecule has 2 nitrogen and oxygen atoms in total. The first kappa shape index (κ1) is 12.0. The van der Waals surface area contributed by atoms with Crippen molar-refractivity contribution in [2.75, 3.05) is 6.54 Å². The fourth-order valence-electron chi connectivity index (χ4n) is 2.18. The Morgan fingerprint density at radius 3 is 2.57 bits per heavy atom. The number of rotatable bonds is 6. The molecule has 0 radical (unpaired) electrons. The molecule has 2 heteroatoms. The molecule has 1 fully saturated rings. The molecule has 0 aromatic heterocycles. The van der Waals surface area contributed by atoms with Crippen molar-refractivity contribution < 1.29 is 0 Å². The van der Waals surface area contributed by atoms with Crippen molar-refractivity contribution in [3.63, 3.8) is 0 Å². The lowest BCUT2D eigenvalue weighted by Gasteiger charge is -2.27. The third-order valence-electron chi connectivity index (χ3n) is 3.07. The maximum absolute atomic E-state index is 3.67. The zero-order valence-corrected chi connectivity index (χ0v) is 9.81. The number of unbranched alkanes of at least 4 members (excludes halogenated alkanes) is 1. The third-order valence-corrected chi connectivity index (χ3v) is 3.07. The van der Waals surface area contributed by atoms with Gasteiger partial charge in [-0.05, 0) is 32.7 Å². The van der Waals surface area contributed by atoms with Gasteiger partial charge >= 0.3 is 0 Å². The van der Waals surface area contributed by atoms with Crippen LogP contribution in [0, 0.1) is 0 Å². The van der Waals surface area contributed by atoms with E-state index < -0.39 is 0 Å². The van der Waals surface area contributed by atoms with E-state index in [1.165, 1.54) is 44.9 Å². The Balaban J connectivity index is 2.03. The Hall–Kier alpha value is -0.0800. The van der Waals surface area contributed by atoms with Crippen molar-refractivity contribution in [3.8, 4) is 0 Å². The first-order valence-electron chi connectivity index (χ1n) is 6.32. The molecule has 0 heterocycles. The Labute approximate surface area is 88.8 Å². The molecule has 1 aliphatic carbocycles. The van der Waals surface area contributed by atoms with E-state index in [1.807, 2.05) is 0 Å². The standard InChI is InChI=1S/C12H26N2/c1-3-4-10-13-11(2)14-12-8-6-5-7-9-12/h11-14H,3-10H2,1-2H3. The summed E-state index contributed by atoms with van der Waals surface area (Å²) in [7, 11) is 0. The maximum Gasteiger partial charge on any atom is 0.0544 e. The van der Waals surface area contributed by atoms with Gasteiger partial charge in [0.15, 0.2) is 0 Å². The van der Waals surface area contributed by atoms with E-state index in [2.05, 4.69) is 24.5 Å². The molecule has 0 aliphatic heterocycles. The Kier molecular flexibility index (Phi) is 6.20. The van der Waals surface area contributed by atoms with Gasteiger partial charge in [-0.3, -0.25) is 5.32 Å². The molecule has 0 aromatic rings. The van der Waals surface area contributed by atoms with Crippen LogP contribution in [0.25, 0.3) is 0 Å². The maximum atomic E-state index is 3.67. The van der Waals surface area contributed by atoms with Gasteiger partial charge in [-0.2, -0.15) is 0 Å². The van der Waals surface area contributed by atoms with Gasteiger partial charge in [-0.25, -0.2) is 0 Å². The van der Waals surface area contributed by atoms with Gasteiger partial charge in [0.05, 0.1) is 6.17 Å². The molecule has 1 aliphatic rings. The fraction of sp³-hybridized carbons (Fsp3) is 1.00. The van der Waals surface area contributed by atoms with Crippen molar-refractivity contribution >= 4 is 0 Å². The molecule has 0 saturated heterocycles. The molecular formula is C12H26N2.